The van der Waals surface area contributed by atoms with Gasteiger partial charge in [-0.1, -0.05) is 12.1 Å². The SMILES string of the molecule is COC1CCN(CCCOc2ccccc2C(=O)O)CC1. The van der Waals surface area contributed by atoms with Gasteiger partial charge in [0.1, 0.15) is 11.3 Å². The van der Waals surface area contributed by atoms with Crippen molar-refractivity contribution in [2.45, 2.75) is 25.4 Å². The lowest BCUT2D eigenvalue weighted by atomic mass is 10.1. The predicted molar refractivity (Wildman–Crippen MR) is 80.0 cm³/mol. The van der Waals surface area contributed by atoms with Crippen molar-refractivity contribution in [3.63, 3.8) is 0 Å². The molecule has 0 spiro atoms. The Bertz CT molecular complexity index is 455. The number of carboxylic acids is 1. The van der Waals surface area contributed by atoms with Crippen molar-refractivity contribution in [1.82, 2.24) is 4.90 Å². The van der Waals surface area contributed by atoms with Crippen LogP contribution in [0.25, 0.3) is 0 Å². The molecular weight excluding hydrogens is 270 g/mol. The fraction of sp³-hybridized carbons (Fsp3) is 0.562. The molecule has 1 fully saturated rings. The van der Waals surface area contributed by atoms with E-state index in [-0.39, 0.29) is 5.56 Å². The molecule has 1 saturated heterocycles. The van der Waals surface area contributed by atoms with Gasteiger partial charge in [0.15, 0.2) is 0 Å². The van der Waals surface area contributed by atoms with Gasteiger partial charge in [0, 0.05) is 26.7 Å². The summed E-state index contributed by atoms with van der Waals surface area (Å²) in [5.74, 6) is -0.504. The Labute approximate surface area is 125 Å². The van der Waals surface area contributed by atoms with Crippen LogP contribution in [-0.4, -0.2) is 55.4 Å². The maximum atomic E-state index is 11.1. The molecule has 116 valence electrons. The van der Waals surface area contributed by atoms with Crippen molar-refractivity contribution in [3.8, 4) is 5.75 Å². The summed E-state index contributed by atoms with van der Waals surface area (Å²) in [4.78, 5) is 13.5. The summed E-state index contributed by atoms with van der Waals surface area (Å²) in [6.07, 6.45) is 3.46. The maximum Gasteiger partial charge on any atom is 0.339 e. The minimum atomic E-state index is -0.952. The van der Waals surface area contributed by atoms with E-state index in [1.54, 1.807) is 31.4 Å². The highest BCUT2D eigenvalue weighted by Gasteiger charge is 2.18. The summed E-state index contributed by atoms with van der Waals surface area (Å²) >= 11 is 0. The number of likely N-dealkylation sites (tertiary alicyclic amines) is 1. The molecule has 1 N–H and O–H groups in total. The number of piperidine rings is 1. The zero-order valence-corrected chi connectivity index (χ0v) is 12.5. The number of para-hydroxylation sites is 1. The molecule has 0 radical (unpaired) electrons. The summed E-state index contributed by atoms with van der Waals surface area (Å²) in [5, 5.41) is 9.07. The number of nitrogens with zero attached hydrogens (tertiary/aromatic N) is 1. The zero-order valence-electron chi connectivity index (χ0n) is 12.5. The van der Waals surface area contributed by atoms with Crippen LogP contribution < -0.4 is 4.74 Å². The van der Waals surface area contributed by atoms with Crippen LogP contribution in [0.1, 0.15) is 29.6 Å². The average Bonchev–Trinajstić information content (AvgIpc) is 2.52. The highest BCUT2D eigenvalue weighted by molar-refractivity contribution is 5.90. The molecule has 5 nitrogen and oxygen atoms in total. The summed E-state index contributed by atoms with van der Waals surface area (Å²) in [7, 11) is 1.77. The molecule has 0 unspecified atom stereocenters. The molecule has 5 heteroatoms. The number of carbonyl (C=O) groups is 1. The molecule has 0 aromatic heterocycles. The molecule has 1 aromatic carbocycles. The van der Waals surface area contributed by atoms with Crippen LogP contribution in [0.3, 0.4) is 0 Å². The zero-order chi connectivity index (χ0) is 15.1. The van der Waals surface area contributed by atoms with E-state index in [2.05, 4.69) is 4.90 Å². The molecule has 1 aromatic rings. The summed E-state index contributed by atoms with van der Waals surface area (Å²) < 4.78 is 11.0. The van der Waals surface area contributed by atoms with Crippen molar-refractivity contribution < 1.29 is 19.4 Å². The summed E-state index contributed by atoms with van der Waals surface area (Å²) in [6.45, 7) is 3.63. The van der Waals surface area contributed by atoms with Gasteiger partial charge in [-0.2, -0.15) is 0 Å². The van der Waals surface area contributed by atoms with E-state index in [4.69, 9.17) is 14.6 Å². The van der Waals surface area contributed by atoms with E-state index >= 15 is 0 Å². The van der Waals surface area contributed by atoms with Crippen molar-refractivity contribution >= 4 is 5.97 Å². The Morgan fingerprint density at radius 3 is 2.71 bits per heavy atom. The number of carboxylic acid groups (broad SMARTS) is 1. The van der Waals surface area contributed by atoms with E-state index in [0.29, 0.717) is 18.5 Å². The molecule has 21 heavy (non-hydrogen) atoms. The second-order valence-electron chi connectivity index (χ2n) is 5.28. The van der Waals surface area contributed by atoms with Gasteiger partial charge in [-0.3, -0.25) is 0 Å². The lowest BCUT2D eigenvalue weighted by Gasteiger charge is -2.31. The second kappa shape index (κ2) is 8.00. The Morgan fingerprint density at radius 1 is 1.33 bits per heavy atom. The summed E-state index contributed by atoms with van der Waals surface area (Å²) in [5.41, 5.74) is 0.221. The van der Waals surface area contributed by atoms with Crippen LogP contribution in [0.2, 0.25) is 0 Å². The van der Waals surface area contributed by atoms with Gasteiger partial charge in [-0.15, -0.1) is 0 Å². The average molecular weight is 293 g/mol. The normalized spacial score (nSPS) is 16.8. The topological polar surface area (TPSA) is 59.0 Å². The first-order valence-electron chi connectivity index (χ1n) is 7.41. The summed E-state index contributed by atoms with van der Waals surface area (Å²) in [6, 6.07) is 6.76. The Balaban J connectivity index is 1.70. The fourth-order valence-corrected chi connectivity index (χ4v) is 2.61. The highest BCUT2D eigenvalue weighted by Crippen LogP contribution is 2.18. The van der Waals surface area contributed by atoms with Crippen molar-refractivity contribution in [3.05, 3.63) is 29.8 Å². The van der Waals surface area contributed by atoms with E-state index in [9.17, 15) is 4.79 Å². The molecule has 2 rings (SSSR count). The molecule has 0 saturated carbocycles. The minimum Gasteiger partial charge on any atom is -0.493 e. The highest BCUT2D eigenvalue weighted by atomic mass is 16.5. The van der Waals surface area contributed by atoms with Gasteiger partial charge in [0.2, 0.25) is 0 Å². The largest absolute Gasteiger partial charge is 0.493 e. The van der Waals surface area contributed by atoms with Gasteiger partial charge in [0.25, 0.3) is 0 Å². The van der Waals surface area contributed by atoms with Gasteiger partial charge in [-0.05, 0) is 31.4 Å². The van der Waals surface area contributed by atoms with E-state index in [1.165, 1.54) is 0 Å². The Hall–Kier alpha value is -1.59. The monoisotopic (exact) mass is 293 g/mol. The number of aromatic carboxylic acids is 1. The van der Waals surface area contributed by atoms with Crippen LogP contribution in [0.5, 0.6) is 5.75 Å². The van der Waals surface area contributed by atoms with Crippen molar-refractivity contribution in [1.29, 1.82) is 0 Å². The smallest absolute Gasteiger partial charge is 0.339 e. The molecule has 1 heterocycles. The lowest BCUT2D eigenvalue weighted by Crippen LogP contribution is -2.37. The second-order valence-corrected chi connectivity index (χ2v) is 5.28. The molecular formula is C16H23NO4. The van der Waals surface area contributed by atoms with E-state index < -0.39 is 5.97 Å². The van der Waals surface area contributed by atoms with Crippen LogP contribution in [0.4, 0.5) is 0 Å². The first-order chi connectivity index (χ1) is 10.2. The van der Waals surface area contributed by atoms with Gasteiger partial charge in [0.05, 0.1) is 12.7 Å². The lowest BCUT2D eigenvalue weighted by molar-refractivity contribution is 0.0398. The van der Waals surface area contributed by atoms with Crippen LogP contribution in [-0.2, 0) is 4.74 Å². The minimum absolute atomic E-state index is 0.221. The maximum absolute atomic E-state index is 11.1. The number of methoxy groups -OCH3 is 1. The van der Waals surface area contributed by atoms with E-state index in [1.807, 2.05) is 0 Å². The van der Waals surface area contributed by atoms with Crippen LogP contribution >= 0.6 is 0 Å². The third-order valence-corrected chi connectivity index (χ3v) is 3.86. The molecule has 0 amide bonds. The third-order valence-electron chi connectivity index (χ3n) is 3.86. The number of benzene rings is 1. The Morgan fingerprint density at radius 2 is 2.05 bits per heavy atom. The number of hydrogen-bond donors (Lipinski definition) is 1. The molecule has 1 aliphatic heterocycles. The molecule has 1 aliphatic rings. The first kappa shape index (κ1) is 15.8. The standard InChI is InChI=1S/C16H23NO4/c1-20-13-7-10-17(11-8-13)9-4-12-21-15-6-3-2-5-14(15)16(18)19/h2-3,5-6,13H,4,7-12H2,1H3,(H,18,19). The van der Waals surface area contributed by atoms with Gasteiger partial charge in [-0.25, -0.2) is 4.79 Å². The number of rotatable bonds is 7. The van der Waals surface area contributed by atoms with Gasteiger partial charge < -0.3 is 19.5 Å². The third kappa shape index (κ3) is 4.72. The van der Waals surface area contributed by atoms with Crippen LogP contribution in [0, 0.1) is 0 Å². The molecule has 0 atom stereocenters. The van der Waals surface area contributed by atoms with Crippen molar-refractivity contribution in [2.24, 2.45) is 0 Å². The van der Waals surface area contributed by atoms with Crippen LogP contribution in [0.15, 0.2) is 24.3 Å². The quantitative estimate of drug-likeness (QED) is 0.781. The molecule has 0 aliphatic carbocycles. The fourth-order valence-electron chi connectivity index (χ4n) is 2.61. The first-order valence-corrected chi connectivity index (χ1v) is 7.41. The number of ether oxygens (including phenoxy) is 2. The van der Waals surface area contributed by atoms with E-state index in [0.717, 1.165) is 38.9 Å². The van der Waals surface area contributed by atoms with Crippen molar-refractivity contribution in [2.75, 3.05) is 33.4 Å². The Kier molecular flexibility index (Phi) is 6.02. The van der Waals surface area contributed by atoms with Gasteiger partial charge >= 0.3 is 5.97 Å². The molecule has 0 bridgehead atoms. The number of hydrogen-bond acceptors (Lipinski definition) is 4. The predicted octanol–water partition coefficient (Wildman–Crippen LogP) is 2.26.